The molecule has 44 heavy (non-hydrogen) atoms. The van der Waals surface area contributed by atoms with Gasteiger partial charge >= 0.3 is 18.6 Å². The Labute approximate surface area is 241 Å². The molecule has 0 radical (unpaired) electrons. The number of alkyl halides is 7. The Kier molecular flexibility index (Phi) is 8.97. The third-order valence-corrected chi connectivity index (χ3v) is 6.24. The van der Waals surface area contributed by atoms with Crippen LogP contribution >= 0.6 is 0 Å². The molecule has 4 aromatic rings. The Morgan fingerprint density at radius 2 is 1.02 bits per heavy atom. The van der Waals surface area contributed by atoms with Crippen LogP contribution in [0, 0.1) is 29.1 Å². The summed E-state index contributed by atoms with van der Waals surface area (Å²) >= 11 is 0. The van der Waals surface area contributed by atoms with Crippen LogP contribution < -0.4 is 4.74 Å². The Balaban J connectivity index is 1.61. The summed E-state index contributed by atoms with van der Waals surface area (Å²) < 4.78 is 173. The average molecular weight is 638 g/mol. The number of aryl methyl sites for hydroxylation is 1. The fourth-order valence-electron chi connectivity index (χ4n) is 4.37. The van der Waals surface area contributed by atoms with Gasteiger partial charge in [-0.25, -0.2) is 26.7 Å². The predicted octanol–water partition coefficient (Wildman–Crippen LogP) is 10.4. The molecule has 0 aliphatic heterocycles. The first kappa shape index (κ1) is 32.7. The molecule has 4 aromatic carbocycles. The van der Waals surface area contributed by atoms with E-state index in [-0.39, 0.29) is 17.7 Å². The summed E-state index contributed by atoms with van der Waals surface area (Å²) in [4.78, 5) is 0. The zero-order chi connectivity index (χ0) is 32.6. The number of ether oxygens (including phenoxy) is 2. The van der Waals surface area contributed by atoms with Crippen molar-refractivity contribution in [1.29, 1.82) is 0 Å². The fraction of sp³-hybridized carbons (Fsp3) is 0.200. The molecule has 0 heterocycles. The molecule has 0 saturated carbocycles. The predicted molar refractivity (Wildman–Crippen MR) is 133 cm³/mol. The second-order valence-corrected chi connectivity index (χ2v) is 9.40. The van der Waals surface area contributed by atoms with Gasteiger partial charge in [-0.2, -0.15) is 17.6 Å². The van der Waals surface area contributed by atoms with E-state index in [1.807, 2.05) is 19.1 Å². The average Bonchev–Trinajstić information content (AvgIpc) is 2.86. The zero-order valence-electron chi connectivity index (χ0n) is 22.1. The summed E-state index contributed by atoms with van der Waals surface area (Å²) in [5.41, 5.74) is -3.45. The van der Waals surface area contributed by atoms with E-state index in [2.05, 4.69) is 9.47 Å². The maximum absolute atomic E-state index is 15.0. The van der Waals surface area contributed by atoms with Gasteiger partial charge < -0.3 is 4.74 Å². The minimum Gasteiger partial charge on any atom is -0.429 e. The molecule has 14 heteroatoms. The topological polar surface area (TPSA) is 18.5 Å². The lowest BCUT2D eigenvalue weighted by Gasteiger charge is -2.22. The zero-order valence-corrected chi connectivity index (χ0v) is 22.1. The van der Waals surface area contributed by atoms with E-state index in [1.165, 1.54) is 12.1 Å². The largest absolute Gasteiger partial charge is 0.527 e. The first-order valence-electron chi connectivity index (χ1n) is 12.5. The van der Waals surface area contributed by atoms with E-state index < -0.39 is 70.1 Å². The van der Waals surface area contributed by atoms with Crippen LogP contribution in [-0.4, -0.2) is 6.36 Å². The SMILES string of the molecule is CCCc1ccc(-c2ccc(-c3cc(F)c(C(F)(F)Oc4cc(F)c(C(F)(F)OC(F)(F)F)c(F)c4)c(F)c3)c(F)c2)cc1. The summed E-state index contributed by atoms with van der Waals surface area (Å²) in [6.45, 7) is 2.00. The molecule has 0 atom stereocenters. The van der Waals surface area contributed by atoms with Crippen molar-refractivity contribution in [2.75, 3.05) is 0 Å². The molecule has 0 saturated heterocycles. The van der Waals surface area contributed by atoms with Crippen molar-refractivity contribution in [3.63, 3.8) is 0 Å². The van der Waals surface area contributed by atoms with Gasteiger partial charge in [-0.1, -0.05) is 49.7 Å². The molecule has 0 fully saturated rings. The molecule has 0 amide bonds. The lowest BCUT2D eigenvalue weighted by Crippen LogP contribution is -2.30. The first-order chi connectivity index (χ1) is 20.4. The second kappa shape index (κ2) is 12.1. The number of benzene rings is 4. The molecule has 0 aliphatic rings. The first-order valence-corrected chi connectivity index (χ1v) is 12.5. The number of hydrogen-bond donors (Lipinski definition) is 0. The Bertz CT molecular complexity index is 1620. The number of hydrogen-bond acceptors (Lipinski definition) is 2. The van der Waals surface area contributed by atoms with Gasteiger partial charge in [0.2, 0.25) is 0 Å². The van der Waals surface area contributed by atoms with E-state index in [1.54, 1.807) is 12.1 Å². The van der Waals surface area contributed by atoms with Crippen LogP contribution in [0.5, 0.6) is 5.75 Å². The molecule has 0 spiro atoms. The van der Waals surface area contributed by atoms with Gasteiger partial charge in [0.15, 0.2) is 0 Å². The van der Waals surface area contributed by atoms with E-state index >= 15 is 0 Å². The van der Waals surface area contributed by atoms with Crippen molar-refractivity contribution in [3.05, 3.63) is 113 Å². The second-order valence-electron chi connectivity index (χ2n) is 9.40. The van der Waals surface area contributed by atoms with Crippen LogP contribution in [0.1, 0.15) is 30.0 Å². The Hall–Kier alpha value is -4.20. The van der Waals surface area contributed by atoms with Gasteiger partial charge in [0.05, 0.1) is 0 Å². The third-order valence-electron chi connectivity index (χ3n) is 6.24. The quantitative estimate of drug-likeness (QED) is 0.170. The van der Waals surface area contributed by atoms with Crippen LogP contribution in [0.3, 0.4) is 0 Å². The minimum atomic E-state index is -6.04. The monoisotopic (exact) mass is 638 g/mol. The van der Waals surface area contributed by atoms with Gasteiger partial charge in [-0.3, -0.25) is 0 Å². The van der Waals surface area contributed by atoms with Crippen molar-refractivity contribution < 1.29 is 62.2 Å². The van der Waals surface area contributed by atoms with Crippen LogP contribution in [-0.2, 0) is 23.4 Å². The van der Waals surface area contributed by atoms with E-state index in [4.69, 9.17) is 0 Å². The number of halogens is 12. The van der Waals surface area contributed by atoms with E-state index in [0.29, 0.717) is 23.3 Å². The standard InChI is InChI=1S/C30H18F12O2/c1-2-3-15-4-6-16(7-5-15)17-8-9-20(21(31)10-17)18-11-22(32)26(23(33)12-18)28(36,37)43-19-13-24(34)27(25(35)14-19)29(38,39)44-30(40,41)42/h4-14H,2-3H2,1H3. The highest BCUT2D eigenvalue weighted by molar-refractivity contribution is 5.71. The summed E-state index contributed by atoms with van der Waals surface area (Å²) in [6, 6.07) is 10.8. The van der Waals surface area contributed by atoms with Crippen molar-refractivity contribution in [2.24, 2.45) is 0 Å². The fourth-order valence-corrected chi connectivity index (χ4v) is 4.37. The van der Waals surface area contributed by atoms with Crippen molar-refractivity contribution >= 4 is 0 Å². The molecule has 0 aromatic heterocycles. The van der Waals surface area contributed by atoms with Gasteiger partial charge in [-0.05, 0) is 46.9 Å². The maximum Gasteiger partial charge on any atom is 0.527 e. The molecular formula is C30H18F12O2. The molecule has 4 rings (SSSR count). The maximum atomic E-state index is 15.0. The lowest BCUT2D eigenvalue weighted by molar-refractivity contribution is -0.432. The molecular weight excluding hydrogens is 620 g/mol. The summed E-state index contributed by atoms with van der Waals surface area (Å²) in [6.07, 6.45) is -15.0. The van der Waals surface area contributed by atoms with Crippen molar-refractivity contribution in [1.82, 2.24) is 0 Å². The normalized spacial score (nSPS) is 12.5. The van der Waals surface area contributed by atoms with Crippen LogP contribution in [0.4, 0.5) is 52.7 Å². The smallest absolute Gasteiger partial charge is 0.429 e. The third kappa shape index (κ3) is 7.12. The molecule has 234 valence electrons. The number of rotatable bonds is 9. The summed E-state index contributed by atoms with van der Waals surface area (Å²) in [5.74, 6) is -11.5. The Morgan fingerprint density at radius 1 is 0.545 bits per heavy atom. The molecule has 0 unspecified atom stereocenters. The van der Waals surface area contributed by atoms with Gasteiger partial charge in [0.1, 0.15) is 46.0 Å². The van der Waals surface area contributed by atoms with Gasteiger partial charge in [0, 0.05) is 17.7 Å². The van der Waals surface area contributed by atoms with Crippen LogP contribution in [0.15, 0.2) is 66.7 Å². The van der Waals surface area contributed by atoms with Crippen LogP contribution in [0.25, 0.3) is 22.3 Å². The van der Waals surface area contributed by atoms with E-state index in [0.717, 1.165) is 24.5 Å². The van der Waals surface area contributed by atoms with Crippen molar-refractivity contribution in [2.45, 2.75) is 38.3 Å². The lowest BCUT2D eigenvalue weighted by atomic mass is 9.97. The van der Waals surface area contributed by atoms with E-state index in [9.17, 15) is 52.7 Å². The Morgan fingerprint density at radius 3 is 1.52 bits per heavy atom. The highest BCUT2D eigenvalue weighted by Gasteiger charge is 2.50. The van der Waals surface area contributed by atoms with Crippen LogP contribution in [0.2, 0.25) is 0 Å². The highest BCUT2D eigenvalue weighted by Crippen LogP contribution is 2.42. The minimum absolute atomic E-state index is 0.340. The summed E-state index contributed by atoms with van der Waals surface area (Å²) in [5, 5.41) is 0. The summed E-state index contributed by atoms with van der Waals surface area (Å²) in [7, 11) is 0. The molecule has 0 aliphatic carbocycles. The highest BCUT2D eigenvalue weighted by atomic mass is 19.4. The van der Waals surface area contributed by atoms with Gasteiger partial charge in [-0.15, -0.1) is 13.2 Å². The van der Waals surface area contributed by atoms with Gasteiger partial charge in [0.25, 0.3) is 0 Å². The molecule has 2 nitrogen and oxygen atoms in total. The molecule has 0 N–H and O–H groups in total. The van der Waals surface area contributed by atoms with Crippen molar-refractivity contribution in [3.8, 4) is 28.0 Å². The molecule has 0 bridgehead atoms.